The smallest absolute Gasteiger partial charge is 0.179 e. The van der Waals surface area contributed by atoms with Gasteiger partial charge in [0.1, 0.15) is 0 Å². The molecule has 0 aliphatic rings. The summed E-state index contributed by atoms with van der Waals surface area (Å²) in [6.07, 6.45) is 0. The molecule has 74 valence electrons. The Hall–Kier alpha value is -1.34. The number of sulfone groups is 1. The molecular weight excluding hydrogens is 198 g/mol. The normalized spacial score (nSPS) is 13.1. The first-order valence-corrected chi connectivity index (χ1v) is 5.89. The van der Waals surface area contributed by atoms with Gasteiger partial charge in [0.2, 0.25) is 0 Å². The number of rotatable bonds is 3. The zero-order chi connectivity index (χ0) is 10.6. The fourth-order valence-electron chi connectivity index (χ4n) is 1.09. The average molecular weight is 209 g/mol. The second kappa shape index (κ2) is 4.25. The van der Waals surface area contributed by atoms with E-state index in [1.54, 1.807) is 37.3 Å². The summed E-state index contributed by atoms with van der Waals surface area (Å²) in [7, 11) is -3.29. The minimum absolute atomic E-state index is 0.118. The largest absolute Gasteiger partial charge is 0.224 e. The number of benzene rings is 1. The van der Waals surface area contributed by atoms with E-state index in [1.807, 2.05) is 6.07 Å². The van der Waals surface area contributed by atoms with Crippen molar-refractivity contribution < 1.29 is 8.42 Å². The van der Waals surface area contributed by atoms with Gasteiger partial charge in [-0.15, -0.1) is 0 Å². The maximum Gasteiger partial charge on any atom is 0.179 e. The molecule has 0 saturated heterocycles. The van der Waals surface area contributed by atoms with Crippen LogP contribution >= 0.6 is 0 Å². The van der Waals surface area contributed by atoms with Crippen LogP contribution in [0.2, 0.25) is 0 Å². The van der Waals surface area contributed by atoms with Crippen molar-refractivity contribution in [3.8, 4) is 6.07 Å². The van der Waals surface area contributed by atoms with Crippen molar-refractivity contribution in [3.63, 3.8) is 0 Å². The van der Waals surface area contributed by atoms with Crippen molar-refractivity contribution in [2.75, 3.05) is 5.75 Å². The summed E-state index contributed by atoms with van der Waals surface area (Å²) in [5, 5.41) is 8.53. The first kappa shape index (κ1) is 10.7. The molecule has 0 fully saturated rings. The molecule has 14 heavy (non-hydrogen) atoms. The van der Waals surface area contributed by atoms with E-state index >= 15 is 0 Å². The van der Waals surface area contributed by atoms with Crippen LogP contribution in [-0.2, 0) is 9.84 Å². The van der Waals surface area contributed by atoms with Gasteiger partial charge >= 0.3 is 0 Å². The quantitative estimate of drug-likeness (QED) is 0.760. The van der Waals surface area contributed by atoms with E-state index in [2.05, 4.69) is 0 Å². The highest BCUT2D eigenvalue weighted by molar-refractivity contribution is 7.91. The van der Waals surface area contributed by atoms with Crippen molar-refractivity contribution >= 4 is 9.84 Å². The van der Waals surface area contributed by atoms with Crippen LogP contribution in [-0.4, -0.2) is 14.2 Å². The predicted octanol–water partition coefficient (Wildman–Crippen LogP) is 1.62. The molecule has 0 saturated carbocycles. The molecule has 0 unspecified atom stereocenters. The Kier molecular flexibility index (Phi) is 3.26. The molecule has 0 bridgehead atoms. The van der Waals surface area contributed by atoms with Gasteiger partial charge in [-0.05, 0) is 19.1 Å². The highest BCUT2D eigenvalue weighted by Gasteiger charge is 2.17. The van der Waals surface area contributed by atoms with Crippen molar-refractivity contribution in [2.45, 2.75) is 11.8 Å². The molecule has 0 aromatic heterocycles. The van der Waals surface area contributed by atoms with Crippen LogP contribution in [0.5, 0.6) is 0 Å². The first-order chi connectivity index (χ1) is 6.56. The van der Waals surface area contributed by atoms with Crippen LogP contribution in [0, 0.1) is 17.2 Å². The summed E-state index contributed by atoms with van der Waals surface area (Å²) in [6.45, 7) is 1.60. The fraction of sp³-hybridized carbons (Fsp3) is 0.300. The SMILES string of the molecule is C[C@H](C#N)CS(=O)(=O)c1ccccc1. The van der Waals surface area contributed by atoms with Gasteiger partial charge in [0.25, 0.3) is 0 Å². The predicted molar refractivity (Wildman–Crippen MR) is 53.3 cm³/mol. The third-order valence-electron chi connectivity index (χ3n) is 1.79. The lowest BCUT2D eigenvalue weighted by Gasteiger charge is -2.04. The Labute approximate surface area is 83.9 Å². The number of nitrogens with zero attached hydrogens (tertiary/aromatic N) is 1. The zero-order valence-corrected chi connectivity index (χ0v) is 8.66. The van der Waals surface area contributed by atoms with Gasteiger partial charge in [-0.3, -0.25) is 0 Å². The summed E-state index contributed by atoms with van der Waals surface area (Å²) in [5.74, 6) is -0.590. The zero-order valence-electron chi connectivity index (χ0n) is 7.84. The average Bonchev–Trinajstić information content (AvgIpc) is 2.18. The molecule has 1 atom stereocenters. The van der Waals surface area contributed by atoms with Gasteiger partial charge in [0.05, 0.1) is 22.6 Å². The first-order valence-electron chi connectivity index (χ1n) is 4.23. The van der Waals surface area contributed by atoms with E-state index in [-0.39, 0.29) is 10.6 Å². The summed E-state index contributed by atoms with van der Waals surface area (Å²) >= 11 is 0. The fourth-order valence-corrected chi connectivity index (χ4v) is 2.59. The van der Waals surface area contributed by atoms with Gasteiger partial charge in [0.15, 0.2) is 9.84 Å². The van der Waals surface area contributed by atoms with Crippen molar-refractivity contribution in [2.24, 2.45) is 5.92 Å². The molecule has 0 aliphatic carbocycles. The van der Waals surface area contributed by atoms with Gasteiger partial charge in [-0.1, -0.05) is 18.2 Å². The van der Waals surface area contributed by atoms with E-state index in [0.717, 1.165) is 0 Å². The van der Waals surface area contributed by atoms with Crippen LogP contribution in [0.15, 0.2) is 35.2 Å². The molecule has 1 aromatic rings. The molecule has 4 heteroatoms. The molecule has 3 nitrogen and oxygen atoms in total. The molecule has 0 amide bonds. The monoisotopic (exact) mass is 209 g/mol. The second-order valence-electron chi connectivity index (χ2n) is 3.12. The topological polar surface area (TPSA) is 57.9 Å². The van der Waals surface area contributed by atoms with Gasteiger partial charge in [0, 0.05) is 0 Å². The molecule has 0 heterocycles. The number of hydrogen-bond acceptors (Lipinski definition) is 3. The summed E-state index contributed by atoms with van der Waals surface area (Å²) in [5.41, 5.74) is 0. The third kappa shape index (κ3) is 2.57. The van der Waals surface area contributed by atoms with Crippen LogP contribution in [0.1, 0.15) is 6.92 Å². The maximum absolute atomic E-state index is 11.7. The standard InChI is InChI=1S/C10H11NO2S/c1-9(7-11)8-14(12,13)10-5-3-2-4-6-10/h2-6,9H,8H2,1H3/t9-/m1/s1. The molecule has 0 N–H and O–H groups in total. The number of hydrogen-bond donors (Lipinski definition) is 0. The van der Waals surface area contributed by atoms with Crippen LogP contribution in [0.4, 0.5) is 0 Å². The lowest BCUT2D eigenvalue weighted by Crippen LogP contribution is -2.12. The van der Waals surface area contributed by atoms with Crippen molar-refractivity contribution in [3.05, 3.63) is 30.3 Å². The van der Waals surface area contributed by atoms with Crippen molar-refractivity contribution in [1.82, 2.24) is 0 Å². The van der Waals surface area contributed by atoms with E-state index in [4.69, 9.17) is 5.26 Å². The minimum Gasteiger partial charge on any atom is -0.224 e. The number of nitriles is 1. The molecule has 0 radical (unpaired) electrons. The van der Waals surface area contributed by atoms with Crippen LogP contribution in [0.3, 0.4) is 0 Å². The Morgan fingerprint density at radius 2 is 1.93 bits per heavy atom. The Morgan fingerprint density at radius 1 is 1.36 bits per heavy atom. The summed E-state index contributed by atoms with van der Waals surface area (Å²) < 4.78 is 23.3. The van der Waals surface area contributed by atoms with Gasteiger partial charge < -0.3 is 0 Å². The van der Waals surface area contributed by atoms with Gasteiger partial charge in [-0.25, -0.2) is 8.42 Å². The molecule has 1 aromatic carbocycles. The van der Waals surface area contributed by atoms with E-state index in [9.17, 15) is 8.42 Å². The minimum atomic E-state index is -3.29. The van der Waals surface area contributed by atoms with E-state index in [1.165, 1.54) is 0 Å². The lowest BCUT2D eigenvalue weighted by molar-refractivity contribution is 0.589. The highest BCUT2D eigenvalue weighted by Crippen LogP contribution is 2.12. The Balaban J connectivity index is 2.94. The molecular formula is C10H11NO2S. The molecule has 0 spiro atoms. The lowest BCUT2D eigenvalue weighted by atomic mass is 10.3. The van der Waals surface area contributed by atoms with Gasteiger partial charge in [-0.2, -0.15) is 5.26 Å². The Bertz CT molecular complexity index is 431. The van der Waals surface area contributed by atoms with E-state index < -0.39 is 15.8 Å². The third-order valence-corrected chi connectivity index (χ3v) is 3.72. The summed E-state index contributed by atoms with van der Waals surface area (Å²) in [4.78, 5) is 0.280. The second-order valence-corrected chi connectivity index (χ2v) is 5.16. The highest BCUT2D eigenvalue weighted by atomic mass is 32.2. The van der Waals surface area contributed by atoms with Crippen LogP contribution in [0.25, 0.3) is 0 Å². The molecule has 0 aliphatic heterocycles. The molecule has 1 rings (SSSR count). The van der Waals surface area contributed by atoms with Crippen molar-refractivity contribution in [1.29, 1.82) is 5.26 Å². The maximum atomic E-state index is 11.7. The van der Waals surface area contributed by atoms with E-state index in [0.29, 0.717) is 0 Å². The summed E-state index contributed by atoms with van der Waals surface area (Å²) in [6, 6.07) is 10.1. The Morgan fingerprint density at radius 3 is 2.43 bits per heavy atom. The van der Waals surface area contributed by atoms with Crippen LogP contribution < -0.4 is 0 Å².